The Morgan fingerprint density at radius 1 is 1.11 bits per heavy atom. The number of anilines is 2. The molecule has 3 N–H and O–H groups in total. The largest absolute Gasteiger partial charge is 0.573 e. The van der Waals surface area contributed by atoms with E-state index in [1.165, 1.54) is 42.7 Å². The van der Waals surface area contributed by atoms with Gasteiger partial charge in [-0.2, -0.15) is 0 Å². The number of sulfonamides is 1. The number of rotatable bonds is 10. The molecule has 0 saturated heterocycles. The van der Waals surface area contributed by atoms with Gasteiger partial charge in [0.2, 0.25) is 5.91 Å². The quantitative estimate of drug-likeness (QED) is 0.361. The standard InChI is InChI=1S/C23H22F3N3O6S/c1-2-34-20-12-16(28-22(31)13-19(30)15-5-4-10-27-14-15)8-9-21(20)36(32,33)29-17-6-3-7-18(11-17)35-23(24,25)26/h3-12,14,19,29-30H,2,13H2,1H3,(H,28,31). The average molecular weight is 526 g/mol. The maximum Gasteiger partial charge on any atom is 0.573 e. The summed E-state index contributed by atoms with van der Waals surface area (Å²) >= 11 is 0. The number of hydrogen-bond acceptors (Lipinski definition) is 7. The van der Waals surface area contributed by atoms with Crippen LogP contribution in [0.5, 0.6) is 11.5 Å². The molecule has 0 aliphatic carbocycles. The van der Waals surface area contributed by atoms with Crippen LogP contribution in [-0.2, 0) is 14.8 Å². The van der Waals surface area contributed by atoms with Gasteiger partial charge in [-0.15, -0.1) is 13.2 Å². The summed E-state index contributed by atoms with van der Waals surface area (Å²) in [4.78, 5) is 15.9. The van der Waals surface area contributed by atoms with Gasteiger partial charge in [0, 0.05) is 30.2 Å². The first-order valence-corrected chi connectivity index (χ1v) is 12.0. The predicted molar refractivity (Wildman–Crippen MR) is 124 cm³/mol. The number of benzene rings is 2. The van der Waals surface area contributed by atoms with Gasteiger partial charge in [-0.25, -0.2) is 8.42 Å². The van der Waals surface area contributed by atoms with E-state index in [0.717, 1.165) is 12.1 Å². The van der Waals surface area contributed by atoms with E-state index in [2.05, 4.69) is 19.8 Å². The normalized spacial score (nSPS) is 12.5. The van der Waals surface area contributed by atoms with Gasteiger partial charge in [0.25, 0.3) is 10.0 Å². The molecule has 36 heavy (non-hydrogen) atoms. The van der Waals surface area contributed by atoms with Crippen molar-refractivity contribution in [3.63, 3.8) is 0 Å². The minimum Gasteiger partial charge on any atom is -0.492 e. The zero-order valence-electron chi connectivity index (χ0n) is 18.8. The number of carbonyl (C=O) groups excluding carboxylic acids is 1. The zero-order valence-corrected chi connectivity index (χ0v) is 19.6. The summed E-state index contributed by atoms with van der Waals surface area (Å²) in [7, 11) is -4.30. The number of alkyl halides is 3. The van der Waals surface area contributed by atoms with Crippen LogP contribution in [0, 0.1) is 0 Å². The Labute approximate surface area is 204 Å². The second-order valence-corrected chi connectivity index (χ2v) is 8.98. The second kappa shape index (κ2) is 11.3. The van der Waals surface area contributed by atoms with E-state index < -0.39 is 34.1 Å². The van der Waals surface area contributed by atoms with Crippen molar-refractivity contribution >= 4 is 27.3 Å². The van der Waals surface area contributed by atoms with Crippen LogP contribution in [0.4, 0.5) is 24.5 Å². The highest BCUT2D eigenvalue weighted by molar-refractivity contribution is 7.92. The molecule has 0 bridgehead atoms. The van der Waals surface area contributed by atoms with E-state index in [4.69, 9.17) is 4.74 Å². The molecule has 1 unspecified atom stereocenters. The monoisotopic (exact) mass is 525 g/mol. The molecule has 9 nitrogen and oxygen atoms in total. The molecule has 1 heterocycles. The number of nitrogens with zero attached hydrogens (tertiary/aromatic N) is 1. The summed E-state index contributed by atoms with van der Waals surface area (Å²) in [5.74, 6) is -1.23. The number of nitrogens with one attached hydrogen (secondary N) is 2. The fraction of sp³-hybridized carbons (Fsp3) is 0.217. The number of aromatic nitrogens is 1. The van der Waals surface area contributed by atoms with Gasteiger partial charge in [-0.3, -0.25) is 14.5 Å². The molecule has 1 amide bonds. The van der Waals surface area contributed by atoms with E-state index in [1.54, 1.807) is 19.1 Å². The van der Waals surface area contributed by atoms with Crippen molar-refractivity contribution in [2.45, 2.75) is 30.7 Å². The van der Waals surface area contributed by atoms with Gasteiger partial charge in [-0.05, 0) is 42.8 Å². The van der Waals surface area contributed by atoms with Crippen molar-refractivity contribution in [1.82, 2.24) is 4.98 Å². The molecule has 3 rings (SSSR count). The van der Waals surface area contributed by atoms with Crippen molar-refractivity contribution in [3.05, 3.63) is 72.6 Å². The highest BCUT2D eigenvalue weighted by Crippen LogP contribution is 2.31. The Bertz CT molecular complexity index is 1300. The van der Waals surface area contributed by atoms with Crippen LogP contribution in [-0.4, -0.2) is 37.4 Å². The van der Waals surface area contributed by atoms with Gasteiger partial charge in [0.05, 0.1) is 24.8 Å². The number of aliphatic hydroxyl groups excluding tert-OH is 1. The summed E-state index contributed by atoms with van der Waals surface area (Å²) < 4.78 is 74.7. The topological polar surface area (TPSA) is 127 Å². The van der Waals surface area contributed by atoms with Gasteiger partial charge < -0.3 is 19.9 Å². The van der Waals surface area contributed by atoms with E-state index in [0.29, 0.717) is 5.56 Å². The highest BCUT2D eigenvalue weighted by Gasteiger charge is 2.31. The number of pyridine rings is 1. The molecule has 0 aliphatic rings. The van der Waals surface area contributed by atoms with Gasteiger partial charge in [0.15, 0.2) is 0 Å². The van der Waals surface area contributed by atoms with Crippen LogP contribution in [0.25, 0.3) is 0 Å². The first-order valence-electron chi connectivity index (χ1n) is 10.5. The number of carbonyl (C=O) groups is 1. The number of hydrogen-bond donors (Lipinski definition) is 3. The Morgan fingerprint density at radius 2 is 1.89 bits per heavy atom. The average Bonchev–Trinajstić information content (AvgIpc) is 2.78. The number of aliphatic hydroxyl groups is 1. The molecule has 0 fully saturated rings. The summed E-state index contributed by atoms with van der Waals surface area (Å²) in [5, 5.41) is 12.8. The molecule has 3 aromatic rings. The fourth-order valence-corrected chi connectivity index (χ4v) is 4.30. The van der Waals surface area contributed by atoms with E-state index in [1.807, 2.05) is 0 Å². The van der Waals surface area contributed by atoms with Crippen LogP contribution >= 0.6 is 0 Å². The molecule has 0 aliphatic heterocycles. The van der Waals surface area contributed by atoms with Gasteiger partial charge >= 0.3 is 6.36 Å². The predicted octanol–water partition coefficient (Wildman–Crippen LogP) is 4.24. The molecule has 0 spiro atoms. The molecule has 0 radical (unpaired) electrons. The third-order valence-electron chi connectivity index (χ3n) is 4.58. The molecule has 1 aromatic heterocycles. The third kappa shape index (κ3) is 7.58. The summed E-state index contributed by atoms with van der Waals surface area (Å²) in [6.45, 7) is 1.71. The molecule has 192 valence electrons. The minimum atomic E-state index is -4.94. The lowest BCUT2D eigenvalue weighted by Crippen LogP contribution is -2.18. The van der Waals surface area contributed by atoms with Crippen LogP contribution in [0.1, 0.15) is 25.0 Å². The SMILES string of the molecule is CCOc1cc(NC(=O)CC(O)c2cccnc2)ccc1S(=O)(=O)Nc1cccc(OC(F)(F)F)c1. The molecular formula is C23H22F3N3O6S. The molecule has 1 atom stereocenters. The minimum absolute atomic E-state index is 0.0918. The molecule has 13 heteroatoms. The van der Waals surface area contributed by atoms with E-state index >= 15 is 0 Å². The Balaban J connectivity index is 1.77. The highest BCUT2D eigenvalue weighted by atomic mass is 32.2. The maximum absolute atomic E-state index is 12.9. The maximum atomic E-state index is 12.9. The van der Waals surface area contributed by atoms with E-state index in [-0.39, 0.29) is 35.0 Å². The number of amides is 1. The lowest BCUT2D eigenvalue weighted by atomic mass is 10.1. The van der Waals surface area contributed by atoms with Crippen LogP contribution in [0.15, 0.2) is 71.9 Å². The number of ether oxygens (including phenoxy) is 2. The second-order valence-electron chi connectivity index (χ2n) is 7.33. The Hall–Kier alpha value is -3.84. The van der Waals surface area contributed by atoms with Crippen molar-refractivity contribution in [2.24, 2.45) is 0 Å². The third-order valence-corrected chi connectivity index (χ3v) is 6.01. The van der Waals surface area contributed by atoms with E-state index in [9.17, 15) is 31.5 Å². The first kappa shape index (κ1) is 26.8. The summed E-state index contributed by atoms with van der Waals surface area (Å²) in [5.41, 5.74) is 0.502. The van der Waals surface area contributed by atoms with Crippen LogP contribution in [0.3, 0.4) is 0 Å². The number of halogens is 3. The zero-order chi connectivity index (χ0) is 26.3. The lowest BCUT2D eigenvalue weighted by Gasteiger charge is -2.16. The van der Waals surface area contributed by atoms with Crippen molar-refractivity contribution in [1.29, 1.82) is 0 Å². The van der Waals surface area contributed by atoms with Gasteiger partial charge in [0.1, 0.15) is 16.4 Å². The molecule has 0 saturated carbocycles. The van der Waals surface area contributed by atoms with Gasteiger partial charge in [-0.1, -0.05) is 12.1 Å². The fourth-order valence-electron chi connectivity index (χ4n) is 3.12. The molecular weight excluding hydrogens is 503 g/mol. The Morgan fingerprint density at radius 3 is 2.56 bits per heavy atom. The summed E-state index contributed by atoms with van der Waals surface area (Å²) in [6, 6.07) is 11.4. The summed E-state index contributed by atoms with van der Waals surface area (Å²) in [6.07, 6.45) is -3.33. The smallest absolute Gasteiger partial charge is 0.492 e. The van der Waals surface area contributed by atoms with Crippen molar-refractivity contribution in [2.75, 3.05) is 16.6 Å². The molecule has 2 aromatic carbocycles. The van der Waals surface area contributed by atoms with Crippen molar-refractivity contribution in [3.8, 4) is 11.5 Å². The lowest BCUT2D eigenvalue weighted by molar-refractivity contribution is -0.274. The van der Waals surface area contributed by atoms with Crippen molar-refractivity contribution < 1.29 is 41.0 Å². The van der Waals surface area contributed by atoms with Crippen LogP contribution < -0.4 is 19.5 Å². The van der Waals surface area contributed by atoms with Crippen LogP contribution in [0.2, 0.25) is 0 Å². The Kier molecular flexibility index (Phi) is 8.37. The first-order chi connectivity index (χ1) is 17.0.